The average Bonchev–Trinajstić information content (AvgIpc) is 2.58. The molecule has 19 heavy (non-hydrogen) atoms. The molecule has 1 N–H and O–H groups in total. The molecule has 1 aliphatic heterocycles. The number of aryl methyl sites for hydroxylation is 1. The van der Waals surface area contributed by atoms with Crippen molar-refractivity contribution in [1.29, 1.82) is 0 Å². The van der Waals surface area contributed by atoms with Crippen molar-refractivity contribution in [1.82, 2.24) is 10.2 Å². The number of rotatable bonds is 5. The van der Waals surface area contributed by atoms with Gasteiger partial charge in [-0.25, -0.2) is 0 Å². The van der Waals surface area contributed by atoms with Gasteiger partial charge < -0.3 is 10.2 Å². The van der Waals surface area contributed by atoms with Crippen LogP contribution in [0, 0.1) is 0 Å². The summed E-state index contributed by atoms with van der Waals surface area (Å²) < 4.78 is 0. The lowest BCUT2D eigenvalue weighted by atomic mass is 10.0. The Morgan fingerprint density at radius 2 is 2.16 bits per heavy atom. The Morgan fingerprint density at radius 3 is 2.95 bits per heavy atom. The minimum absolute atomic E-state index is 0.193. The molecule has 3 heteroatoms. The normalized spacial score (nSPS) is 16.9. The van der Waals surface area contributed by atoms with Crippen molar-refractivity contribution in [2.75, 3.05) is 19.6 Å². The van der Waals surface area contributed by atoms with Crippen LogP contribution in [0.3, 0.4) is 0 Å². The minimum Gasteiger partial charge on any atom is -0.337 e. The summed E-state index contributed by atoms with van der Waals surface area (Å²) in [6, 6.07) is 8.37. The maximum Gasteiger partial charge on any atom is 0.254 e. The smallest absolute Gasteiger partial charge is 0.254 e. The van der Waals surface area contributed by atoms with Crippen LogP contribution in [0.5, 0.6) is 0 Å². The first-order chi connectivity index (χ1) is 9.22. The molecule has 2 rings (SSSR count). The van der Waals surface area contributed by atoms with Crippen LogP contribution in [0.15, 0.2) is 24.3 Å². The molecule has 1 amide bonds. The fraction of sp³-hybridized carbons (Fsp3) is 0.562. The molecule has 0 saturated carbocycles. The Bertz CT molecular complexity index is 431. The molecule has 1 aliphatic rings. The van der Waals surface area contributed by atoms with Crippen molar-refractivity contribution < 1.29 is 4.79 Å². The van der Waals surface area contributed by atoms with Gasteiger partial charge in [0.25, 0.3) is 5.91 Å². The van der Waals surface area contributed by atoms with Crippen molar-refractivity contribution in [2.24, 2.45) is 0 Å². The summed E-state index contributed by atoms with van der Waals surface area (Å²) in [6.07, 6.45) is 3.19. The highest BCUT2D eigenvalue weighted by Gasteiger charge is 2.22. The topological polar surface area (TPSA) is 32.3 Å². The Hall–Kier alpha value is -1.35. The van der Waals surface area contributed by atoms with E-state index in [1.807, 2.05) is 23.1 Å². The van der Waals surface area contributed by atoms with Gasteiger partial charge in [0.05, 0.1) is 0 Å². The van der Waals surface area contributed by atoms with Crippen LogP contribution in [0.1, 0.15) is 42.6 Å². The number of nitrogens with zero attached hydrogens (tertiary/aromatic N) is 1. The van der Waals surface area contributed by atoms with E-state index >= 15 is 0 Å². The molecule has 0 aromatic heterocycles. The van der Waals surface area contributed by atoms with Gasteiger partial charge in [0.2, 0.25) is 0 Å². The van der Waals surface area contributed by atoms with E-state index in [2.05, 4.69) is 25.2 Å². The van der Waals surface area contributed by atoms with Gasteiger partial charge in [0.15, 0.2) is 0 Å². The number of hydrogen-bond donors (Lipinski definition) is 1. The maximum absolute atomic E-state index is 12.5. The molecule has 1 heterocycles. The highest BCUT2D eigenvalue weighted by atomic mass is 16.2. The second-order valence-corrected chi connectivity index (χ2v) is 5.37. The molecule has 1 aromatic rings. The fourth-order valence-corrected chi connectivity index (χ4v) is 2.64. The van der Waals surface area contributed by atoms with Gasteiger partial charge in [-0.1, -0.05) is 25.1 Å². The molecule has 0 spiro atoms. The molecule has 1 unspecified atom stereocenters. The third-order valence-corrected chi connectivity index (χ3v) is 3.65. The first-order valence-corrected chi connectivity index (χ1v) is 7.33. The van der Waals surface area contributed by atoms with Crippen LogP contribution in [0.4, 0.5) is 0 Å². The molecular formula is C16H24N2O. The van der Waals surface area contributed by atoms with E-state index in [9.17, 15) is 4.79 Å². The molecule has 0 radical (unpaired) electrons. The Labute approximate surface area is 116 Å². The summed E-state index contributed by atoms with van der Waals surface area (Å²) in [5.74, 6) is 0.193. The Kier molecular flexibility index (Phi) is 4.97. The van der Waals surface area contributed by atoms with E-state index in [0.717, 1.165) is 44.5 Å². The molecule has 0 fully saturated rings. The van der Waals surface area contributed by atoms with Gasteiger partial charge in [-0.3, -0.25) is 4.79 Å². The number of hydrogen-bond acceptors (Lipinski definition) is 2. The molecule has 0 saturated heterocycles. The van der Waals surface area contributed by atoms with Crippen molar-refractivity contribution in [3.05, 3.63) is 35.4 Å². The first kappa shape index (κ1) is 14.1. The van der Waals surface area contributed by atoms with E-state index < -0.39 is 0 Å². The van der Waals surface area contributed by atoms with Gasteiger partial charge in [0.1, 0.15) is 0 Å². The van der Waals surface area contributed by atoms with Crippen LogP contribution < -0.4 is 5.32 Å². The quantitative estimate of drug-likeness (QED) is 0.882. The number of fused-ring (bicyclic) bond motifs is 1. The Morgan fingerprint density at radius 1 is 1.37 bits per heavy atom. The van der Waals surface area contributed by atoms with Gasteiger partial charge in [-0.2, -0.15) is 0 Å². The van der Waals surface area contributed by atoms with Crippen LogP contribution in [0.25, 0.3) is 0 Å². The lowest BCUT2D eigenvalue weighted by Crippen LogP contribution is -2.42. The second-order valence-electron chi connectivity index (χ2n) is 5.37. The molecular weight excluding hydrogens is 236 g/mol. The van der Waals surface area contributed by atoms with Crippen LogP contribution in [-0.4, -0.2) is 36.5 Å². The zero-order valence-electron chi connectivity index (χ0n) is 12.0. The third-order valence-electron chi connectivity index (χ3n) is 3.65. The summed E-state index contributed by atoms with van der Waals surface area (Å²) >= 11 is 0. The molecule has 3 nitrogen and oxygen atoms in total. The van der Waals surface area contributed by atoms with E-state index in [0.29, 0.717) is 6.04 Å². The number of carbonyl (C=O) groups excluding carboxylic acids is 1. The summed E-state index contributed by atoms with van der Waals surface area (Å²) in [7, 11) is 0. The summed E-state index contributed by atoms with van der Waals surface area (Å²) in [4.78, 5) is 14.5. The maximum atomic E-state index is 12.5. The van der Waals surface area contributed by atoms with E-state index in [1.54, 1.807) is 0 Å². The molecule has 0 bridgehead atoms. The summed E-state index contributed by atoms with van der Waals surface area (Å²) in [5, 5.41) is 3.45. The number of benzene rings is 1. The monoisotopic (exact) mass is 260 g/mol. The lowest BCUT2D eigenvalue weighted by molar-refractivity contribution is 0.0747. The van der Waals surface area contributed by atoms with Crippen LogP contribution >= 0.6 is 0 Å². The van der Waals surface area contributed by atoms with E-state index in [1.165, 1.54) is 5.56 Å². The molecule has 104 valence electrons. The lowest BCUT2D eigenvalue weighted by Gasteiger charge is -2.25. The largest absolute Gasteiger partial charge is 0.337 e. The summed E-state index contributed by atoms with van der Waals surface area (Å²) in [6.45, 7) is 6.99. The van der Waals surface area contributed by atoms with E-state index in [-0.39, 0.29) is 5.91 Å². The first-order valence-electron chi connectivity index (χ1n) is 7.33. The number of amides is 1. The van der Waals surface area contributed by atoms with Crippen molar-refractivity contribution in [3.63, 3.8) is 0 Å². The van der Waals surface area contributed by atoms with Gasteiger partial charge in [-0.15, -0.1) is 0 Å². The van der Waals surface area contributed by atoms with Gasteiger partial charge in [-0.05, 0) is 44.4 Å². The van der Waals surface area contributed by atoms with Crippen molar-refractivity contribution in [3.8, 4) is 0 Å². The Balaban J connectivity index is 2.05. The van der Waals surface area contributed by atoms with Crippen LogP contribution in [0.2, 0.25) is 0 Å². The van der Waals surface area contributed by atoms with E-state index in [4.69, 9.17) is 0 Å². The number of nitrogens with one attached hydrogen (secondary N) is 1. The highest BCUT2D eigenvalue weighted by Crippen LogP contribution is 2.18. The summed E-state index contributed by atoms with van der Waals surface area (Å²) in [5.41, 5.74) is 2.09. The van der Waals surface area contributed by atoms with Gasteiger partial charge in [0, 0.05) is 24.7 Å². The van der Waals surface area contributed by atoms with Crippen LogP contribution in [-0.2, 0) is 6.42 Å². The average molecular weight is 260 g/mol. The standard InChI is InChI=1S/C16H24N2O/c1-3-10-17-13(2)12-18-11-6-8-14-7-4-5-9-15(14)16(18)19/h4-5,7,9,13,17H,3,6,8,10-12H2,1-2H3. The molecule has 1 aromatic carbocycles. The van der Waals surface area contributed by atoms with Crippen molar-refractivity contribution >= 4 is 5.91 Å². The predicted octanol–water partition coefficient (Wildman–Crippen LogP) is 2.46. The second kappa shape index (κ2) is 6.71. The molecule has 1 atom stereocenters. The van der Waals surface area contributed by atoms with Crippen molar-refractivity contribution in [2.45, 2.75) is 39.2 Å². The zero-order chi connectivity index (χ0) is 13.7. The SMILES string of the molecule is CCCNC(C)CN1CCCc2ccccc2C1=O. The highest BCUT2D eigenvalue weighted by molar-refractivity contribution is 5.96. The van der Waals surface area contributed by atoms with Gasteiger partial charge >= 0.3 is 0 Å². The molecule has 0 aliphatic carbocycles. The minimum atomic E-state index is 0.193. The zero-order valence-corrected chi connectivity index (χ0v) is 12.0. The number of carbonyl (C=O) groups is 1. The fourth-order valence-electron chi connectivity index (χ4n) is 2.64. The third kappa shape index (κ3) is 3.57. The predicted molar refractivity (Wildman–Crippen MR) is 78.4 cm³/mol.